The predicted molar refractivity (Wildman–Crippen MR) is 88.9 cm³/mol. The molecule has 1 aromatic carbocycles. The maximum Gasteiger partial charge on any atom is 0.255 e. The Morgan fingerprint density at radius 1 is 1.36 bits per heavy atom. The fourth-order valence-electron chi connectivity index (χ4n) is 2.09. The Balaban J connectivity index is 1.72. The second kappa shape index (κ2) is 6.79. The minimum atomic E-state index is -0.529. The molecule has 9 heteroatoms. The summed E-state index contributed by atoms with van der Waals surface area (Å²) in [4.78, 5) is 31.8. The summed E-state index contributed by atoms with van der Waals surface area (Å²) < 4.78 is 1.49. The van der Waals surface area contributed by atoms with Gasteiger partial charge in [0, 0.05) is 18.1 Å². The molecule has 0 bridgehead atoms. The van der Waals surface area contributed by atoms with Crippen molar-refractivity contribution in [2.24, 2.45) is 0 Å². The van der Waals surface area contributed by atoms with Crippen LogP contribution in [0.1, 0.15) is 16.2 Å². The van der Waals surface area contributed by atoms with E-state index in [4.69, 9.17) is 0 Å². The standard InChI is InChI=1S/C16H14N6O3/c1-2-14(24)19-10-4-5-12(23)11(8-10)15(25)18-9-13-20-16-17-6-3-7-22(16)21-13/h2-8,23H,1,9H2,(H,18,25)(H,19,24). The van der Waals surface area contributed by atoms with Gasteiger partial charge in [-0.2, -0.15) is 4.98 Å². The molecule has 0 aliphatic heterocycles. The van der Waals surface area contributed by atoms with Crippen molar-refractivity contribution < 1.29 is 14.7 Å². The number of aromatic hydroxyl groups is 1. The predicted octanol–water partition coefficient (Wildman–Crippen LogP) is 0.884. The third kappa shape index (κ3) is 3.61. The van der Waals surface area contributed by atoms with Gasteiger partial charge in [0.15, 0.2) is 5.82 Å². The van der Waals surface area contributed by atoms with Crippen molar-refractivity contribution in [2.45, 2.75) is 6.54 Å². The maximum absolute atomic E-state index is 12.3. The topological polar surface area (TPSA) is 122 Å². The van der Waals surface area contributed by atoms with Gasteiger partial charge in [-0.25, -0.2) is 9.50 Å². The molecule has 0 spiro atoms. The van der Waals surface area contributed by atoms with E-state index in [0.717, 1.165) is 6.08 Å². The van der Waals surface area contributed by atoms with Crippen LogP contribution in [0.3, 0.4) is 0 Å². The monoisotopic (exact) mass is 338 g/mol. The van der Waals surface area contributed by atoms with Gasteiger partial charge in [0.2, 0.25) is 5.91 Å². The number of fused-ring (bicyclic) bond motifs is 1. The van der Waals surface area contributed by atoms with Gasteiger partial charge in [-0.3, -0.25) is 9.59 Å². The summed E-state index contributed by atoms with van der Waals surface area (Å²) in [6, 6.07) is 5.87. The summed E-state index contributed by atoms with van der Waals surface area (Å²) in [7, 11) is 0. The zero-order chi connectivity index (χ0) is 17.8. The Morgan fingerprint density at radius 2 is 2.20 bits per heavy atom. The molecule has 9 nitrogen and oxygen atoms in total. The Bertz CT molecular complexity index is 932. The molecule has 3 N–H and O–H groups in total. The maximum atomic E-state index is 12.3. The Labute approximate surface area is 142 Å². The number of hydrogen-bond acceptors (Lipinski definition) is 6. The Hall–Kier alpha value is -3.75. The average molecular weight is 338 g/mol. The minimum Gasteiger partial charge on any atom is -0.507 e. The highest BCUT2D eigenvalue weighted by Crippen LogP contribution is 2.21. The average Bonchev–Trinajstić information content (AvgIpc) is 3.04. The number of nitrogens with one attached hydrogen (secondary N) is 2. The van der Waals surface area contributed by atoms with E-state index < -0.39 is 11.8 Å². The highest BCUT2D eigenvalue weighted by molar-refractivity contribution is 6.01. The number of benzene rings is 1. The SMILES string of the molecule is C=CC(=O)Nc1ccc(O)c(C(=O)NCc2nc3ncccn3n2)c1. The molecule has 0 radical (unpaired) electrons. The van der Waals surface area contributed by atoms with Crippen molar-refractivity contribution in [3.63, 3.8) is 0 Å². The molecule has 2 aromatic heterocycles. The fraction of sp³-hybridized carbons (Fsp3) is 0.0625. The van der Waals surface area contributed by atoms with Crippen LogP contribution in [0.4, 0.5) is 5.69 Å². The zero-order valence-electron chi connectivity index (χ0n) is 13.0. The lowest BCUT2D eigenvalue weighted by Gasteiger charge is -2.08. The third-order valence-electron chi connectivity index (χ3n) is 3.26. The summed E-state index contributed by atoms with van der Waals surface area (Å²) in [5.41, 5.74) is 0.381. The summed E-state index contributed by atoms with van der Waals surface area (Å²) in [5.74, 6) is -0.359. The molecule has 0 fully saturated rings. The molecule has 0 saturated carbocycles. The molecule has 0 atom stereocenters. The lowest BCUT2D eigenvalue weighted by Crippen LogP contribution is -2.23. The summed E-state index contributed by atoms with van der Waals surface area (Å²) in [6.07, 6.45) is 4.39. The van der Waals surface area contributed by atoms with E-state index in [9.17, 15) is 14.7 Å². The normalized spacial score (nSPS) is 10.4. The highest BCUT2D eigenvalue weighted by Gasteiger charge is 2.14. The molecule has 0 aliphatic carbocycles. The molecular weight excluding hydrogens is 324 g/mol. The fourth-order valence-corrected chi connectivity index (χ4v) is 2.09. The van der Waals surface area contributed by atoms with Crippen LogP contribution in [0, 0.1) is 0 Å². The minimum absolute atomic E-state index is 0.0174. The molecule has 0 saturated heterocycles. The molecule has 126 valence electrons. The van der Waals surface area contributed by atoms with Crippen molar-refractivity contribution >= 4 is 23.3 Å². The van der Waals surface area contributed by atoms with E-state index in [1.54, 1.807) is 18.5 Å². The molecule has 2 heterocycles. The van der Waals surface area contributed by atoms with Crippen LogP contribution in [-0.4, -0.2) is 36.5 Å². The molecule has 3 aromatic rings. The van der Waals surface area contributed by atoms with E-state index in [-0.39, 0.29) is 17.9 Å². The summed E-state index contributed by atoms with van der Waals surface area (Å²) >= 11 is 0. The van der Waals surface area contributed by atoms with Crippen LogP contribution in [0.15, 0.2) is 49.3 Å². The number of phenolic OH excluding ortho intramolecular Hbond substituents is 1. The van der Waals surface area contributed by atoms with Gasteiger partial charge in [0.05, 0.1) is 12.1 Å². The van der Waals surface area contributed by atoms with Crippen LogP contribution in [0.2, 0.25) is 0 Å². The highest BCUT2D eigenvalue weighted by atomic mass is 16.3. The van der Waals surface area contributed by atoms with Crippen molar-refractivity contribution in [1.82, 2.24) is 24.9 Å². The number of carbonyl (C=O) groups excluding carboxylic acids is 2. The Kier molecular flexibility index (Phi) is 4.38. The van der Waals surface area contributed by atoms with E-state index in [1.807, 2.05) is 0 Å². The number of anilines is 1. The quantitative estimate of drug-likeness (QED) is 0.469. The van der Waals surface area contributed by atoms with Crippen LogP contribution in [0.5, 0.6) is 5.75 Å². The number of carbonyl (C=O) groups is 2. The van der Waals surface area contributed by atoms with Gasteiger partial charge in [-0.05, 0) is 30.3 Å². The molecular formula is C16H14N6O3. The summed E-state index contributed by atoms with van der Waals surface area (Å²) in [6.45, 7) is 3.41. The molecule has 0 unspecified atom stereocenters. The van der Waals surface area contributed by atoms with Crippen molar-refractivity contribution in [3.05, 3.63) is 60.7 Å². The number of amides is 2. The lowest BCUT2D eigenvalue weighted by molar-refractivity contribution is -0.111. The number of nitrogens with zero attached hydrogens (tertiary/aromatic N) is 4. The number of hydrogen-bond donors (Lipinski definition) is 3. The van der Waals surface area contributed by atoms with Gasteiger partial charge < -0.3 is 15.7 Å². The van der Waals surface area contributed by atoms with Gasteiger partial charge >= 0.3 is 0 Å². The van der Waals surface area contributed by atoms with Gasteiger partial charge in [-0.15, -0.1) is 5.10 Å². The summed E-state index contributed by atoms with van der Waals surface area (Å²) in [5, 5.41) is 19.2. The van der Waals surface area contributed by atoms with Gasteiger partial charge in [0.1, 0.15) is 5.75 Å². The zero-order valence-corrected chi connectivity index (χ0v) is 13.0. The van der Waals surface area contributed by atoms with Gasteiger partial charge in [0.25, 0.3) is 11.7 Å². The molecule has 25 heavy (non-hydrogen) atoms. The van der Waals surface area contributed by atoms with E-state index >= 15 is 0 Å². The van der Waals surface area contributed by atoms with Gasteiger partial charge in [-0.1, -0.05) is 6.58 Å². The molecule has 2 amide bonds. The first-order valence-electron chi connectivity index (χ1n) is 7.28. The third-order valence-corrected chi connectivity index (χ3v) is 3.26. The second-order valence-corrected chi connectivity index (χ2v) is 5.00. The van der Waals surface area contributed by atoms with E-state index in [0.29, 0.717) is 17.3 Å². The second-order valence-electron chi connectivity index (χ2n) is 5.00. The first-order valence-corrected chi connectivity index (χ1v) is 7.28. The first-order chi connectivity index (χ1) is 12.1. The Morgan fingerprint density at radius 3 is 2.96 bits per heavy atom. The van der Waals surface area contributed by atoms with Crippen molar-refractivity contribution in [1.29, 1.82) is 0 Å². The van der Waals surface area contributed by atoms with Crippen molar-refractivity contribution in [2.75, 3.05) is 5.32 Å². The number of aromatic nitrogens is 4. The number of rotatable bonds is 5. The smallest absolute Gasteiger partial charge is 0.255 e. The van der Waals surface area contributed by atoms with Crippen LogP contribution >= 0.6 is 0 Å². The largest absolute Gasteiger partial charge is 0.507 e. The molecule has 0 aliphatic rings. The molecule has 3 rings (SSSR count). The number of phenols is 1. The van der Waals surface area contributed by atoms with Crippen LogP contribution in [0.25, 0.3) is 5.78 Å². The van der Waals surface area contributed by atoms with Crippen molar-refractivity contribution in [3.8, 4) is 5.75 Å². The lowest BCUT2D eigenvalue weighted by atomic mass is 10.1. The van der Waals surface area contributed by atoms with Crippen LogP contribution < -0.4 is 10.6 Å². The first kappa shape index (κ1) is 16.1. The van der Waals surface area contributed by atoms with E-state index in [1.165, 1.54) is 22.7 Å². The van der Waals surface area contributed by atoms with Crippen LogP contribution in [-0.2, 0) is 11.3 Å². The van der Waals surface area contributed by atoms with E-state index in [2.05, 4.69) is 32.3 Å².